The summed E-state index contributed by atoms with van der Waals surface area (Å²) >= 11 is 0. The number of rotatable bonds is 5. The van der Waals surface area contributed by atoms with Gasteiger partial charge in [0.05, 0.1) is 5.69 Å². The lowest BCUT2D eigenvalue weighted by molar-refractivity contribution is -0.120. The predicted molar refractivity (Wildman–Crippen MR) is 83.6 cm³/mol. The zero-order chi connectivity index (χ0) is 17.1. The van der Waals surface area contributed by atoms with Crippen LogP contribution in [0.1, 0.15) is 12.8 Å². The van der Waals surface area contributed by atoms with Gasteiger partial charge in [0.15, 0.2) is 0 Å². The van der Waals surface area contributed by atoms with E-state index in [1.165, 1.54) is 23.2 Å². The number of hydrogen-bond acceptors (Lipinski definition) is 3. The highest BCUT2D eigenvalue weighted by molar-refractivity contribution is 5.99. The molecule has 2 heterocycles. The molecule has 1 aromatic heterocycles. The average Bonchev–Trinajstić information content (AvgIpc) is 2.96. The second kappa shape index (κ2) is 6.94. The molecule has 3 rings (SSSR count). The summed E-state index contributed by atoms with van der Waals surface area (Å²) in [7, 11) is 0. The van der Waals surface area contributed by atoms with E-state index >= 15 is 0 Å². The van der Waals surface area contributed by atoms with E-state index in [0.717, 1.165) is 4.68 Å². The fourth-order valence-corrected chi connectivity index (χ4v) is 2.78. The minimum atomic E-state index is -2.49. The second-order valence-electron chi connectivity index (χ2n) is 5.59. The van der Waals surface area contributed by atoms with E-state index in [-0.39, 0.29) is 11.6 Å². The first kappa shape index (κ1) is 16.4. The van der Waals surface area contributed by atoms with Crippen molar-refractivity contribution in [3.05, 3.63) is 42.3 Å². The molecule has 1 N–H and O–H groups in total. The van der Waals surface area contributed by atoms with Crippen LogP contribution >= 0.6 is 0 Å². The molecule has 1 saturated heterocycles. The van der Waals surface area contributed by atoms with Crippen LogP contribution in [0.3, 0.4) is 0 Å². The van der Waals surface area contributed by atoms with Gasteiger partial charge < -0.3 is 10.2 Å². The van der Waals surface area contributed by atoms with Gasteiger partial charge in [-0.1, -0.05) is 12.1 Å². The molecule has 2 aromatic rings. The van der Waals surface area contributed by atoms with Crippen LogP contribution in [0.25, 0.3) is 0 Å². The fourth-order valence-electron chi connectivity index (χ4n) is 2.78. The van der Waals surface area contributed by atoms with E-state index in [2.05, 4.69) is 10.4 Å². The van der Waals surface area contributed by atoms with Crippen LogP contribution < -0.4 is 10.2 Å². The number of nitrogens with one attached hydrogen (secondary N) is 1. The molecular formula is C16H17F3N4O. The smallest absolute Gasteiger partial charge is 0.257 e. The lowest BCUT2D eigenvalue weighted by Gasteiger charge is -2.32. The average molecular weight is 338 g/mol. The van der Waals surface area contributed by atoms with Crippen molar-refractivity contribution >= 4 is 17.4 Å². The van der Waals surface area contributed by atoms with Crippen LogP contribution in [0.4, 0.5) is 24.7 Å². The lowest BCUT2D eigenvalue weighted by Crippen LogP contribution is -2.48. The number of benzene rings is 1. The Bertz CT molecular complexity index is 719. The number of aromatic nitrogens is 2. The number of amides is 1. The molecule has 1 amide bonds. The zero-order valence-electron chi connectivity index (χ0n) is 12.8. The normalized spacial score (nSPS) is 18.2. The maximum Gasteiger partial charge on any atom is 0.257 e. The van der Waals surface area contributed by atoms with Crippen molar-refractivity contribution in [2.45, 2.75) is 31.9 Å². The summed E-state index contributed by atoms with van der Waals surface area (Å²) < 4.78 is 39.7. The largest absolute Gasteiger partial charge is 0.357 e. The topological polar surface area (TPSA) is 50.2 Å². The Morgan fingerprint density at radius 2 is 2.08 bits per heavy atom. The summed E-state index contributed by atoms with van der Waals surface area (Å²) in [6.45, 7) is -0.0561. The molecule has 1 unspecified atom stereocenters. The van der Waals surface area contributed by atoms with Crippen molar-refractivity contribution in [1.29, 1.82) is 0 Å². The van der Waals surface area contributed by atoms with Crippen molar-refractivity contribution < 1.29 is 18.0 Å². The highest BCUT2D eigenvalue weighted by Crippen LogP contribution is 2.25. The second-order valence-corrected chi connectivity index (χ2v) is 5.59. The molecule has 128 valence electrons. The van der Waals surface area contributed by atoms with E-state index in [0.29, 0.717) is 25.2 Å². The maximum atomic E-state index is 13.9. The third kappa shape index (κ3) is 3.52. The van der Waals surface area contributed by atoms with Gasteiger partial charge in [-0.05, 0) is 25.0 Å². The number of halogens is 3. The van der Waals surface area contributed by atoms with Gasteiger partial charge in [-0.3, -0.25) is 9.48 Å². The molecule has 1 aliphatic heterocycles. The number of carbonyl (C=O) groups excluding carboxylic acids is 1. The van der Waals surface area contributed by atoms with Gasteiger partial charge in [0.1, 0.15) is 24.2 Å². The molecule has 0 saturated carbocycles. The minimum absolute atomic E-state index is 0.247. The van der Waals surface area contributed by atoms with E-state index in [4.69, 9.17) is 0 Å². The predicted octanol–water partition coefficient (Wildman–Crippen LogP) is 2.89. The maximum absolute atomic E-state index is 13.9. The van der Waals surface area contributed by atoms with Gasteiger partial charge in [-0.15, -0.1) is 0 Å². The number of alkyl halides is 2. The minimum Gasteiger partial charge on any atom is -0.357 e. The van der Waals surface area contributed by atoms with E-state index in [1.54, 1.807) is 18.2 Å². The van der Waals surface area contributed by atoms with Gasteiger partial charge in [0.2, 0.25) is 5.91 Å². The summed E-state index contributed by atoms with van der Waals surface area (Å²) in [5.74, 6) is -0.355. The van der Waals surface area contributed by atoms with Crippen molar-refractivity contribution in [1.82, 2.24) is 9.78 Å². The van der Waals surface area contributed by atoms with Gasteiger partial charge in [0.25, 0.3) is 6.43 Å². The van der Waals surface area contributed by atoms with Crippen molar-refractivity contribution in [3.63, 3.8) is 0 Å². The molecule has 1 aliphatic rings. The zero-order valence-corrected chi connectivity index (χ0v) is 12.8. The summed E-state index contributed by atoms with van der Waals surface area (Å²) in [6.07, 6.45) is 0.211. The van der Waals surface area contributed by atoms with Crippen LogP contribution in [0.5, 0.6) is 0 Å². The molecule has 0 aliphatic carbocycles. The molecule has 1 atom stereocenters. The summed E-state index contributed by atoms with van der Waals surface area (Å²) in [5, 5.41) is 6.93. The van der Waals surface area contributed by atoms with Crippen LogP contribution in [-0.2, 0) is 11.3 Å². The molecule has 1 fully saturated rings. The number of piperidine rings is 1. The van der Waals surface area contributed by atoms with E-state index in [9.17, 15) is 18.0 Å². The van der Waals surface area contributed by atoms with Gasteiger partial charge in [-0.25, -0.2) is 13.2 Å². The van der Waals surface area contributed by atoms with Gasteiger partial charge >= 0.3 is 0 Å². The quantitative estimate of drug-likeness (QED) is 0.912. The van der Waals surface area contributed by atoms with Crippen molar-refractivity contribution in [2.75, 3.05) is 16.8 Å². The fraction of sp³-hybridized carbons (Fsp3) is 0.375. The third-order valence-corrected chi connectivity index (χ3v) is 3.87. The van der Waals surface area contributed by atoms with E-state index in [1.807, 2.05) is 0 Å². The Kier molecular flexibility index (Phi) is 4.73. The Morgan fingerprint density at radius 1 is 1.29 bits per heavy atom. The molecule has 8 heteroatoms. The number of anilines is 2. The van der Waals surface area contributed by atoms with Crippen LogP contribution in [0.2, 0.25) is 0 Å². The van der Waals surface area contributed by atoms with Crippen LogP contribution in [0.15, 0.2) is 36.5 Å². The number of hydrogen-bond donors (Lipinski definition) is 1. The molecule has 5 nitrogen and oxygen atoms in total. The molecule has 1 aromatic carbocycles. The van der Waals surface area contributed by atoms with Crippen LogP contribution in [-0.4, -0.2) is 34.7 Å². The molecule has 0 radical (unpaired) electrons. The number of para-hydroxylation sites is 1. The summed E-state index contributed by atoms with van der Waals surface area (Å²) in [6, 6.07) is 7.09. The Labute approximate surface area is 137 Å². The van der Waals surface area contributed by atoms with Crippen molar-refractivity contribution in [3.8, 4) is 0 Å². The summed E-state index contributed by atoms with van der Waals surface area (Å²) in [5.41, 5.74) is 0.247. The first-order valence-corrected chi connectivity index (χ1v) is 7.68. The lowest BCUT2D eigenvalue weighted by atomic mass is 10.0. The number of nitrogens with zero attached hydrogens (tertiary/aromatic N) is 3. The highest BCUT2D eigenvalue weighted by atomic mass is 19.3. The molecular weight excluding hydrogens is 321 g/mol. The Morgan fingerprint density at radius 3 is 2.83 bits per heavy atom. The van der Waals surface area contributed by atoms with Gasteiger partial charge in [-0.2, -0.15) is 5.10 Å². The number of carbonyl (C=O) groups is 1. The molecule has 0 spiro atoms. The van der Waals surface area contributed by atoms with Crippen LogP contribution in [0, 0.1) is 5.82 Å². The van der Waals surface area contributed by atoms with E-state index < -0.39 is 24.8 Å². The monoisotopic (exact) mass is 338 g/mol. The highest BCUT2D eigenvalue weighted by Gasteiger charge is 2.31. The molecule has 24 heavy (non-hydrogen) atoms. The SMILES string of the molecule is O=C1C(Nc2ccn(CC(F)F)n2)CCCN1c1ccccc1F. The Balaban J connectivity index is 1.71. The summed E-state index contributed by atoms with van der Waals surface area (Å²) in [4.78, 5) is 14.0. The first-order valence-electron chi connectivity index (χ1n) is 7.68. The molecule has 0 bridgehead atoms. The Hall–Kier alpha value is -2.51. The third-order valence-electron chi connectivity index (χ3n) is 3.87. The first-order chi connectivity index (χ1) is 11.5. The van der Waals surface area contributed by atoms with Gasteiger partial charge in [0, 0.05) is 18.8 Å². The van der Waals surface area contributed by atoms with Crippen molar-refractivity contribution in [2.24, 2.45) is 0 Å². The standard InChI is InChI=1S/C16H17F3N4O/c17-11-4-1-2-6-13(11)23-8-3-5-12(16(23)24)20-15-7-9-22(21-15)10-14(18)19/h1-2,4,6-7,9,12,14H,3,5,8,10H2,(H,20,21).